The van der Waals surface area contributed by atoms with Crippen LogP contribution in [0.2, 0.25) is 0 Å². The van der Waals surface area contributed by atoms with E-state index in [2.05, 4.69) is 29.4 Å². The minimum Gasteiger partial charge on any atom is -0.369 e. The molecule has 1 unspecified atom stereocenters. The van der Waals surface area contributed by atoms with Gasteiger partial charge in [-0.15, -0.1) is 0 Å². The van der Waals surface area contributed by atoms with Crippen molar-refractivity contribution in [3.8, 4) is 0 Å². The third-order valence-electron chi connectivity index (χ3n) is 4.62. The molecule has 0 bridgehead atoms. The summed E-state index contributed by atoms with van der Waals surface area (Å²) in [6.45, 7) is 3.93. The summed E-state index contributed by atoms with van der Waals surface area (Å²) in [5.41, 5.74) is 7.75. The molecule has 0 radical (unpaired) electrons. The molecule has 0 aliphatic carbocycles. The summed E-state index contributed by atoms with van der Waals surface area (Å²) in [6.07, 6.45) is 0.899. The number of likely N-dealkylation sites (N-methyl/N-ethyl adjacent to an activating group) is 2. The Kier molecular flexibility index (Phi) is 4.86. The standard InChI is InChI=1S/C20H24N4O/c1-3-22-13-12-15-8-7-11-17(14-15)20(16-9-5-4-6-10-16)18(25)24(2)19(21)23-20/h4-11,14,22H,3,12-13H2,1-2H3,(H2,21,23). The molecule has 3 N–H and O–H groups in total. The molecular formula is C20H24N4O. The molecule has 130 valence electrons. The fourth-order valence-corrected chi connectivity index (χ4v) is 3.22. The summed E-state index contributed by atoms with van der Waals surface area (Å²) in [7, 11) is 1.67. The Bertz CT molecular complexity index is 787. The number of nitrogens with two attached hydrogens (primary N) is 1. The highest BCUT2D eigenvalue weighted by atomic mass is 16.2. The molecule has 3 rings (SSSR count). The minimum atomic E-state index is -1.10. The van der Waals surface area contributed by atoms with Gasteiger partial charge in [-0.25, -0.2) is 4.99 Å². The number of rotatable bonds is 6. The predicted octanol–water partition coefficient (Wildman–Crippen LogP) is 1.87. The molecule has 2 aromatic carbocycles. The fourth-order valence-electron chi connectivity index (χ4n) is 3.22. The lowest BCUT2D eigenvalue weighted by Crippen LogP contribution is -2.41. The third kappa shape index (κ3) is 3.03. The summed E-state index contributed by atoms with van der Waals surface area (Å²) in [5.74, 6) is 0.118. The fraction of sp³-hybridized carbons (Fsp3) is 0.300. The number of hydrogen-bond acceptors (Lipinski definition) is 4. The molecule has 1 aliphatic rings. The number of amides is 1. The maximum Gasteiger partial charge on any atom is 0.266 e. The number of guanidine groups is 1. The van der Waals surface area contributed by atoms with Gasteiger partial charge in [-0.05, 0) is 36.2 Å². The van der Waals surface area contributed by atoms with Gasteiger partial charge >= 0.3 is 0 Å². The van der Waals surface area contributed by atoms with Crippen LogP contribution in [0.5, 0.6) is 0 Å². The Morgan fingerprint density at radius 2 is 1.84 bits per heavy atom. The number of benzene rings is 2. The van der Waals surface area contributed by atoms with Crippen LogP contribution in [0.1, 0.15) is 23.6 Å². The van der Waals surface area contributed by atoms with Gasteiger partial charge in [0.25, 0.3) is 5.91 Å². The zero-order chi connectivity index (χ0) is 17.9. The van der Waals surface area contributed by atoms with Crippen LogP contribution in [0.4, 0.5) is 0 Å². The van der Waals surface area contributed by atoms with Crippen LogP contribution < -0.4 is 11.1 Å². The highest BCUT2D eigenvalue weighted by molar-refractivity contribution is 6.08. The zero-order valence-electron chi connectivity index (χ0n) is 14.7. The largest absolute Gasteiger partial charge is 0.369 e. The molecule has 1 atom stereocenters. The molecule has 1 aliphatic heterocycles. The first-order chi connectivity index (χ1) is 12.1. The SMILES string of the molecule is CCNCCc1cccc(C2(c3ccccc3)N=C(N)N(C)C2=O)c1. The first kappa shape index (κ1) is 17.2. The van der Waals surface area contributed by atoms with Crippen molar-refractivity contribution < 1.29 is 4.79 Å². The molecule has 0 saturated heterocycles. The topological polar surface area (TPSA) is 70.7 Å². The Morgan fingerprint density at radius 3 is 2.48 bits per heavy atom. The van der Waals surface area contributed by atoms with E-state index >= 15 is 0 Å². The molecule has 25 heavy (non-hydrogen) atoms. The first-order valence-electron chi connectivity index (χ1n) is 8.58. The van der Waals surface area contributed by atoms with E-state index < -0.39 is 5.54 Å². The van der Waals surface area contributed by atoms with Gasteiger partial charge in [0, 0.05) is 7.05 Å². The third-order valence-corrected chi connectivity index (χ3v) is 4.62. The molecule has 5 nitrogen and oxygen atoms in total. The molecule has 0 fully saturated rings. The molecule has 5 heteroatoms. The Labute approximate surface area is 148 Å². The Balaban J connectivity index is 2.08. The highest BCUT2D eigenvalue weighted by Crippen LogP contribution is 2.39. The Morgan fingerprint density at radius 1 is 1.12 bits per heavy atom. The second-order valence-corrected chi connectivity index (χ2v) is 6.21. The van der Waals surface area contributed by atoms with Gasteiger partial charge in [0.05, 0.1) is 0 Å². The van der Waals surface area contributed by atoms with Gasteiger partial charge in [-0.2, -0.15) is 0 Å². The van der Waals surface area contributed by atoms with Crippen molar-refractivity contribution in [2.75, 3.05) is 20.1 Å². The molecular weight excluding hydrogens is 312 g/mol. The quantitative estimate of drug-likeness (QED) is 0.791. The van der Waals surface area contributed by atoms with Crippen LogP contribution in [0.3, 0.4) is 0 Å². The molecule has 2 aromatic rings. The number of aliphatic imine (C=N–C) groups is 1. The van der Waals surface area contributed by atoms with E-state index in [0.29, 0.717) is 0 Å². The number of nitrogens with one attached hydrogen (secondary N) is 1. The van der Waals surface area contributed by atoms with Crippen molar-refractivity contribution in [2.45, 2.75) is 18.9 Å². The molecule has 0 spiro atoms. The summed E-state index contributed by atoms with van der Waals surface area (Å²) in [4.78, 5) is 19.2. The lowest BCUT2D eigenvalue weighted by Gasteiger charge is -2.26. The molecule has 1 amide bonds. The van der Waals surface area contributed by atoms with E-state index in [0.717, 1.165) is 30.6 Å². The van der Waals surface area contributed by atoms with Crippen molar-refractivity contribution in [1.82, 2.24) is 10.2 Å². The zero-order valence-corrected chi connectivity index (χ0v) is 14.7. The van der Waals surface area contributed by atoms with Gasteiger partial charge in [-0.1, -0.05) is 61.5 Å². The van der Waals surface area contributed by atoms with E-state index in [-0.39, 0.29) is 11.9 Å². The average Bonchev–Trinajstić information content (AvgIpc) is 2.88. The first-order valence-corrected chi connectivity index (χ1v) is 8.58. The van der Waals surface area contributed by atoms with E-state index in [4.69, 9.17) is 5.73 Å². The predicted molar refractivity (Wildman–Crippen MR) is 100 cm³/mol. The number of nitrogens with zero attached hydrogens (tertiary/aromatic N) is 2. The van der Waals surface area contributed by atoms with Crippen molar-refractivity contribution >= 4 is 11.9 Å². The maximum absolute atomic E-state index is 13.1. The highest BCUT2D eigenvalue weighted by Gasteiger charge is 2.49. The molecule has 1 heterocycles. The van der Waals surface area contributed by atoms with Crippen LogP contribution in [-0.4, -0.2) is 36.9 Å². The lowest BCUT2D eigenvalue weighted by molar-refractivity contribution is -0.129. The summed E-state index contributed by atoms with van der Waals surface area (Å²) in [6, 6.07) is 17.7. The monoisotopic (exact) mass is 336 g/mol. The summed E-state index contributed by atoms with van der Waals surface area (Å²) >= 11 is 0. The number of carbonyl (C=O) groups is 1. The van der Waals surface area contributed by atoms with Crippen LogP contribution in [0.15, 0.2) is 59.6 Å². The van der Waals surface area contributed by atoms with Crippen molar-refractivity contribution in [2.24, 2.45) is 10.7 Å². The van der Waals surface area contributed by atoms with E-state index in [1.54, 1.807) is 7.05 Å². The lowest BCUT2D eigenvalue weighted by atomic mass is 9.82. The second-order valence-electron chi connectivity index (χ2n) is 6.21. The van der Waals surface area contributed by atoms with Crippen LogP contribution >= 0.6 is 0 Å². The average molecular weight is 336 g/mol. The van der Waals surface area contributed by atoms with Crippen molar-refractivity contribution in [3.63, 3.8) is 0 Å². The van der Waals surface area contributed by atoms with Gasteiger partial charge in [-0.3, -0.25) is 9.69 Å². The number of carbonyl (C=O) groups excluding carboxylic acids is 1. The van der Waals surface area contributed by atoms with E-state index in [1.165, 1.54) is 10.5 Å². The molecule has 0 saturated carbocycles. The smallest absolute Gasteiger partial charge is 0.266 e. The van der Waals surface area contributed by atoms with Gasteiger partial charge in [0.15, 0.2) is 11.5 Å². The number of hydrogen-bond donors (Lipinski definition) is 2. The summed E-state index contributed by atoms with van der Waals surface area (Å²) < 4.78 is 0. The Hall–Kier alpha value is -2.66. The minimum absolute atomic E-state index is 0.125. The van der Waals surface area contributed by atoms with Crippen molar-refractivity contribution in [1.29, 1.82) is 0 Å². The van der Waals surface area contributed by atoms with Gasteiger partial charge in [0.1, 0.15) is 0 Å². The summed E-state index contributed by atoms with van der Waals surface area (Å²) in [5, 5.41) is 3.33. The van der Waals surface area contributed by atoms with Crippen LogP contribution in [0, 0.1) is 0 Å². The van der Waals surface area contributed by atoms with E-state index in [1.807, 2.05) is 42.5 Å². The van der Waals surface area contributed by atoms with E-state index in [9.17, 15) is 4.79 Å². The molecule has 0 aromatic heterocycles. The van der Waals surface area contributed by atoms with Gasteiger partial charge < -0.3 is 11.1 Å². The van der Waals surface area contributed by atoms with Crippen LogP contribution in [-0.2, 0) is 16.8 Å². The second kappa shape index (κ2) is 7.07. The van der Waals surface area contributed by atoms with Crippen LogP contribution in [0.25, 0.3) is 0 Å². The van der Waals surface area contributed by atoms with Crippen molar-refractivity contribution in [3.05, 3.63) is 71.3 Å². The van der Waals surface area contributed by atoms with Gasteiger partial charge in [0.2, 0.25) is 0 Å². The maximum atomic E-state index is 13.1. The normalized spacial score (nSPS) is 20.0.